The first kappa shape index (κ1) is 12.2. The third-order valence-corrected chi connectivity index (χ3v) is 2.60. The van der Waals surface area contributed by atoms with Gasteiger partial charge in [-0.2, -0.15) is 5.10 Å². The Kier molecular flexibility index (Phi) is 4.26. The van der Waals surface area contributed by atoms with E-state index in [4.69, 9.17) is 10.6 Å². The molecule has 0 aliphatic heterocycles. The van der Waals surface area contributed by atoms with E-state index in [0.29, 0.717) is 13.2 Å². The van der Waals surface area contributed by atoms with Gasteiger partial charge in [-0.25, -0.2) is 0 Å². The van der Waals surface area contributed by atoms with Crippen LogP contribution in [-0.4, -0.2) is 23.0 Å². The molecule has 0 saturated heterocycles. The first-order valence-corrected chi connectivity index (χ1v) is 5.15. The Morgan fingerprint density at radius 2 is 2.20 bits per heavy atom. The fourth-order valence-corrected chi connectivity index (χ4v) is 1.74. The number of hydrazine groups is 1. The van der Waals surface area contributed by atoms with Gasteiger partial charge in [-0.3, -0.25) is 16.0 Å². The Hall–Kier alpha value is -0.910. The van der Waals surface area contributed by atoms with Crippen molar-refractivity contribution in [3.05, 3.63) is 17.0 Å². The highest BCUT2D eigenvalue weighted by atomic mass is 16.5. The van der Waals surface area contributed by atoms with Crippen LogP contribution in [0.5, 0.6) is 0 Å². The van der Waals surface area contributed by atoms with Crippen LogP contribution in [0.15, 0.2) is 0 Å². The molecule has 0 amide bonds. The van der Waals surface area contributed by atoms with Crippen LogP contribution in [0.25, 0.3) is 0 Å². The Morgan fingerprint density at radius 3 is 2.60 bits per heavy atom. The van der Waals surface area contributed by atoms with Gasteiger partial charge in [0, 0.05) is 24.9 Å². The number of nitrogens with two attached hydrogens (primary N) is 1. The summed E-state index contributed by atoms with van der Waals surface area (Å²) in [6.45, 7) is 7.25. The SMILES string of the molecule is CCOCC(NN)c1c(C)nn(C)c1C. The Bertz CT molecular complexity index is 321. The average molecular weight is 212 g/mol. The summed E-state index contributed by atoms with van der Waals surface area (Å²) < 4.78 is 7.24. The van der Waals surface area contributed by atoms with Crippen LogP contribution in [0.3, 0.4) is 0 Å². The van der Waals surface area contributed by atoms with E-state index in [1.807, 2.05) is 32.5 Å². The molecule has 0 fully saturated rings. The van der Waals surface area contributed by atoms with Crippen molar-refractivity contribution in [2.24, 2.45) is 12.9 Å². The van der Waals surface area contributed by atoms with Crippen molar-refractivity contribution in [1.82, 2.24) is 15.2 Å². The van der Waals surface area contributed by atoms with E-state index in [1.165, 1.54) is 0 Å². The lowest BCUT2D eigenvalue weighted by Crippen LogP contribution is -2.32. The van der Waals surface area contributed by atoms with Gasteiger partial charge in [0.1, 0.15) is 0 Å². The highest BCUT2D eigenvalue weighted by Crippen LogP contribution is 2.20. The largest absolute Gasteiger partial charge is 0.380 e. The molecule has 86 valence electrons. The molecule has 5 heteroatoms. The Morgan fingerprint density at radius 1 is 1.53 bits per heavy atom. The van der Waals surface area contributed by atoms with Crippen LogP contribution in [0, 0.1) is 13.8 Å². The van der Waals surface area contributed by atoms with E-state index in [0.717, 1.165) is 17.0 Å². The molecule has 0 bridgehead atoms. The molecule has 0 radical (unpaired) electrons. The molecule has 0 aliphatic rings. The van der Waals surface area contributed by atoms with E-state index in [2.05, 4.69) is 10.5 Å². The number of nitrogens with one attached hydrogen (secondary N) is 1. The van der Waals surface area contributed by atoms with Crippen molar-refractivity contribution in [1.29, 1.82) is 0 Å². The highest BCUT2D eigenvalue weighted by Gasteiger charge is 2.18. The summed E-state index contributed by atoms with van der Waals surface area (Å²) in [6.07, 6.45) is 0. The standard InChI is InChI=1S/C10H20N4O/c1-5-15-6-9(12-11)10-7(2)13-14(4)8(10)3/h9,12H,5-6,11H2,1-4H3. The molecular formula is C10H20N4O. The molecule has 3 N–H and O–H groups in total. The minimum Gasteiger partial charge on any atom is -0.380 e. The molecule has 5 nitrogen and oxygen atoms in total. The van der Waals surface area contributed by atoms with E-state index < -0.39 is 0 Å². The predicted molar refractivity (Wildman–Crippen MR) is 59.2 cm³/mol. The van der Waals surface area contributed by atoms with Crippen LogP contribution < -0.4 is 11.3 Å². The van der Waals surface area contributed by atoms with Crippen LogP contribution in [0.4, 0.5) is 0 Å². The molecule has 1 unspecified atom stereocenters. The van der Waals surface area contributed by atoms with Gasteiger partial charge in [0.05, 0.1) is 18.3 Å². The second kappa shape index (κ2) is 5.25. The molecule has 0 aromatic carbocycles. The molecule has 0 spiro atoms. The highest BCUT2D eigenvalue weighted by molar-refractivity contribution is 5.28. The summed E-state index contributed by atoms with van der Waals surface area (Å²) in [6, 6.07) is 0.0126. The second-order valence-corrected chi connectivity index (χ2v) is 3.59. The van der Waals surface area contributed by atoms with Gasteiger partial charge in [-0.1, -0.05) is 0 Å². The molecule has 1 atom stereocenters. The third-order valence-electron chi connectivity index (χ3n) is 2.60. The second-order valence-electron chi connectivity index (χ2n) is 3.59. The van der Waals surface area contributed by atoms with Crippen LogP contribution >= 0.6 is 0 Å². The zero-order chi connectivity index (χ0) is 11.4. The van der Waals surface area contributed by atoms with E-state index in [9.17, 15) is 0 Å². The van der Waals surface area contributed by atoms with Crippen molar-refractivity contribution in [3.8, 4) is 0 Å². The van der Waals surface area contributed by atoms with Gasteiger partial charge in [0.25, 0.3) is 0 Å². The molecule has 0 aliphatic carbocycles. The number of rotatable bonds is 5. The smallest absolute Gasteiger partial charge is 0.0729 e. The molecule has 15 heavy (non-hydrogen) atoms. The fourth-order valence-electron chi connectivity index (χ4n) is 1.74. The predicted octanol–water partition coefficient (Wildman–Crippen LogP) is 0.578. The van der Waals surface area contributed by atoms with Gasteiger partial charge in [0.15, 0.2) is 0 Å². The molecule has 1 rings (SSSR count). The first-order valence-electron chi connectivity index (χ1n) is 5.15. The lowest BCUT2D eigenvalue weighted by molar-refractivity contribution is 0.122. The van der Waals surface area contributed by atoms with E-state index in [-0.39, 0.29) is 6.04 Å². The molecule has 1 heterocycles. The van der Waals surface area contributed by atoms with Crippen molar-refractivity contribution in [3.63, 3.8) is 0 Å². The monoisotopic (exact) mass is 212 g/mol. The van der Waals surface area contributed by atoms with Gasteiger partial charge < -0.3 is 4.74 Å². The molecular weight excluding hydrogens is 192 g/mol. The topological polar surface area (TPSA) is 65.1 Å². The average Bonchev–Trinajstić information content (AvgIpc) is 2.45. The Labute approximate surface area is 90.6 Å². The van der Waals surface area contributed by atoms with Crippen LogP contribution in [0.2, 0.25) is 0 Å². The molecule has 0 saturated carbocycles. The minimum absolute atomic E-state index is 0.0126. The van der Waals surface area contributed by atoms with Gasteiger partial charge in [0.2, 0.25) is 0 Å². The van der Waals surface area contributed by atoms with Gasteiger partial charge >= 0.3 is 0 Å². The van der Waals surface area contributed by atoms with E-state index in [1.54, 1.807) is 0 Å². The number of nitrogens with zero attached hydrogens (tertiary/aromatic N) is 2. The number of hydrogen-bond donors (Lipinski definition) is 2. The lowest BCUT2D eigenvalue weighted by Gasteiger charge is -2.16. The fraction of sp³-hybridized carbons (Fsp3) is 0.700. The maximum Gasteiger partial charge on any atom is 0.0729 e. The summed E-state index contributed by atoms with van der Waals surface area (Å²) in [5.74, 6) is 5.53. The quantitative estimate of drug-likeness (QED) is 0.553. The number of aryl methyl sites for hydroxylation is 2. The summed E-state index contributed by atoms with van der Waals surface area (Å²) in [5, 5.41) is 4.35. The maximum atomic E-state index is 5.53. The number of aromatic nitrogens is 2. The maximum absolute atomic E-state index is 5.53. The minimum atomic E-state index is 0.0126. The van der Waals surface area contributed by atoms with Crippen molar-refractivity contribution < 1.29 is 4.74 Å². The van der Waals surface area contributed by atoms with Crippen molar-refractivity contribution in [2.45, 2.75) is 26.8 Å². The number of ether oxygens (including phenoxy) is 1. The summed E-state index contributed by atoms with van der Waals surface area (Å²) in [5.41, 5.74) is 6.02. The lowest BCUT2D eigenvalue weighted by atomic mass is 10.1. The van der Waals surface area contributed by atoms with Crippen molar-refractivity contribution in [2.75, 3.05) is 13.2 Å². The van der Waals surface area contributed by atoms with Gasteiger partial charge in [-0.05, 0) is 20.8 Å². The zero-order valence-electron chi connectivity index (χ0n) is 9.87. The van der Waals surface area contributed by atoms with Crippen LogP contribution in [0.1, 0.15) is 29.9 Å². The summed E-state index contributed by atoms with van der Waals surface area (Å²) >= 11 is 0. The normalized spacial score (nSPS) is 13.1. The van der Waals surface area contributed by atoms with Gasteiger partial charge in [-0.15, -0.1) is 0 Å². The van der Waals surface area contributed by atoms with E-state index >= 15 is 0 Å². The summed E-state index contributed by atoms with van der Waals surface area (Å²) in [4.78, 5) is 0. The Balaban J connectivity index is 2.90. The first-order chi connectivity index (χ1) is 7.11. The third kappa shape index (κ3) is 2.56. The molecule has 1 aromatic rings. The molecule has 1 aromatic heterocycles. The van der Waals surface area contributed by atoms with Crippen LogP contribution in [-0.2, 0) is 11.8 Å². The summed E-state index contributed by atoms with van der Waals surface area (Å²) in [7, 11) is 1.93. The number of hydrogen-bond acceptors (Lipinski definition) is 4. The van der Waals surface area contributed by atoms with Crippen molar-refractivity contribution >= 4 is 0 Å². The zero-order valence-corrected chi connectivity index (χ0v) is 9.87.